The SMILES string of the molecule is O=c1ccc([N+](=O)[O-])cn1CC=CCS. The summed E-state index contributed by atoms with van der Waals surface area (Å²) in [7, 11) is 0. The third-order valence-corrected chi connectivity index (χ3v) is 1.96. The van der Waals surface area contributed by atoms with E-state index in [1.165, 1.54) is 22.9 Å². The number of hydrogen-bond acceptors (Lipinski definition) is 4. The van der Waals surface area contributed by atoms with Gasteiger partial charge in [0, 0.05) is 24.4 Å². The smallest absolute Gasteiger partial charge is 0.285 e. The number of aromatic nitrogens is 1. The first-order valence-electron chi connectivity index (χ1n) is 4.26. The number of rotatable bonds is 4. The van der Waals surface area contributed by atoms with Crippen LogP contribution in [0.1, 0.15) is 0 Å². The van der Waals surface area contributed by atoms with Gasteiger partial charge in [-0.15, -0.1) is 0 Å². The Labute approximate surface area is 91.6 Å². The maximum atomic E-state index is 11.3. The van der Waals surface area contributed by atoms with Crippen molar-refractivity contribution in [3.63, 3.8) is 0 Å². The van der Waals surface area contributed by atoms with Gasteiger partial charge in [-0.25, -0.2) is 0 Å². The number of nitro groups is 1. The van der Waals surface area contributed by atoms with Crippen molar-refractivity contribution in [3.05, 3.63) is 50.9 Å². The summed E-state index contributed by atoms with van der Waals surface area (Å²) in [5.41, 5.74) is -0.349. The molecule has 1 heterocycles. The van der Waals surface area contributed by atoms with Crippen LogP contribution in [0.15, 0.2) is 35.3 Å². The van der Waals surface area contributed by atoms with Gasteiger partial charge in [0.05, 0.1) is 11.1 Å². The number of pyridine rings is 1. The molecule has 15 heavy (non-hydrogen) atoms. The van der Waals surface area contributed by atoms with Crippen LogP contribution in [0.2, 0.25) is 0 Å². The number of allylic oxidation sites excluding steroid dienone is 1. The molecule has 1 aromatic rings. The molecule has 0 aliphatic carbocycles. The van der Waals surface area contributed by atoms with Crippen molar-refractivity contribution in [2.24, 2.45) is 0 Å². The summed E-state index contributed by atoms with van der Waals surface area (Å²) < 4.78 is 1.28. The maximum Gasteiger partial charge on any atom is 0.285 e. The van der Waals surface area contributed by atoms with Gasteiger partial charge in [-0.05, 0) is 0 Å². The quantitative estimate of drug-likeness (QED) is 0.363. The molecule has 0 aromatic carbocycles. The number of thiol groups is 1. The van der Waals surface area contributed by atoms with E-state index in [0.717, 1.165) is 0 Å². The van der Waals surface area contributed by atoms with Crippen molar-refractivity contribution in [3.8, 4) is 0 Å². The van der Waals surface area contributed by atoms with Crippen molar-refractivity contribution in [2.45, 2.75) is 6.54 Å². The molecular formula is C9H10N2O3S. The Balaban J connectivity index is 2.95. The lowest BCUT2D eigenvalue weighted by Crippen LogP contribution is -2.17. The van der Waals surface area contributed by atoms with Crippen molar-refractivity contribution < 1.29 is 4.92 Å². The molecular weight excluding hydrogens is 216 g/mol. The molecule has 5 nitrogen and oxygen atoms in total. The summed E-state index contributed by atoms with van der Waals surface area (Å²) in [6.45, 7) is 0.321. The van der Waals surface area contributed by atoms with Gasteiger partial charge in [-0.1, -0.05) is 12.2 Å². The van der Waals surface area contributed by atoms with E-state index in [4.69, 9.17) is 0 Å². The first-order chi connectivity index (χ1) is 7.15. The van der Waals surface area contributed by atoms with Gasteiger partial charge in [-0.2, -0.15) is 12.6 Å². The second kappa shape index (κ2) is 5.35. The average molecular weight is 226 g/mol. The van der Waals surface area contributed by atoms with E-state index in [1.807, 2.05) is 0 Å². The molecule has 0 amide bonds. The Morgan fingerprint density at radius 1 is 1.47 bits per heavy atom. The fraction of sp³-hybridized carbons (Fsp3) is 0.222. The molecule has 1 aromatic heterocycles. The fourth-order valence-electron chi connectivity index (χ4n) is 1.03. The first-order valence-corrected chi connectivity index (χ1v) is 4.89. The second-order valence-electron chi connectivity index (χ2n) is 2.79. The summed E-state index contributed by atoms with van der Waals surface area (Å²) in [4.78, 5) is 21.2. The Hall–Kier alpha value is -1.56. The summed E-state index contributed by atoms with van der Waals surface area (Å²) >= 11 is 3.96. The molecule has 80 valence electrons. The molecule has 0 radical (unpaired) electrons. The summed E-state index contributed by atoms with van der Waals surface area (Å²) in [5.74, 6) is 0.573. The van der Waals surface area contributed by atoms with Crippen molar-refractivity contribution >= 4 is 18.3 Å². The summed E-state index contributed by atoms with van der Waals surface area (Å²) in [5, 5.41) is 10.5. The minimum atomic E-state index is -0.529. The third-order valence-electron chi connectivity index (χ3n) is 1.75. The highest BCUT2D eigenvalue weighted by Gasteiger charge is 2.06. The number of hydrogen-bond donors (Lipinski definition) is 1. The molecule has 0 spiro atoms. The molecule has 6 heteroatoms. The highest BCUT2D eigenvalue weighted by Crippen LogP contribution is 2.06. The van der Waals surface area contributed by atoms with E-state index in [9.17, 15) is 14.9 Å². The Morgan fingerprint density at radius 3 is 2.80 bits per heavy atom. The van der Waals surface area contributed by atoms with Gasteiger partial charge < -0.3 is 4.57 Å². The minimum absolute atomic E-state index is 0.0890. The van der Waals surface area contributed by atoms with Gasteiger partial charge in [-0.3, -0.25) is 14.9 Å². The average Bonchev–Trinajstić information content (AvgIpc) is 2.20. The van der Waals surface area contributed by atoms with E-state index in [1.54, 1.807) is 12.2 Å². The highest BCUT2D eigenvalue weighted by atomic mass is 32.1. The summed E-state index contributed by atoms with van der Waals surface area (Å²) in [6.07, 6.45) is 4.73. The fourth-order valence-corrected chi connectivity index (χ4v) is 1.18. The zero-order valence-electron chi connectivity index (χ0n) is 7.87. The number of nitrogens with zero attached hydrogens (tertiary/aromatic N) is 2. The lowest BCUT2D eigenvalue weighted by atomic mass is 10.4. The highest BCUT2D eigenvalue weighted by molar-refractivity contribution is 7.80. The predicted octanol–water partition coefficient (Wildman–Crippen LogP) is 1.24. The van der Waals surface area contributed by atoms with E-state index in [-0.39, 0.29) is 11.2 Å². The van der Waals surface area contributed by atoms with Gasteiger partial charge in [0.25, 0.3) is 11.2 Å². The van der Waals surface area contributed by atoms with Crippen LogP contribution in [0, 0.1) is 10.1 Å². The molecule has 1 rings (SSSR count). The van der Waals surface area contributed by atoms with Gasteiger partial charge >= 0.3 is 0 Å². The van der Waals surface area contributed by atoms with E-state index >= 15 is 0 Å². The van der Waals surface area contributed by atoms with Crippen molar-refractivity contribution in [2.75, 3.05) is 5.75 Å². The van der Waals surface area contributed by atoms with Crippen LogP contribution in [0.3, 0.4) is 0 Å². The lowest BCUT2D eigenvalue weighted by molar-refractivity contribution is -0.385. The van der Waals surface area contributed by atoms with Crippen molar-refractivity contribution in [1.82, 2.24) is 4.57 Å². The zero-order chi connectivity index (χ0) is 11.3. The molecule has 0 saturated heterocycles. The Morgan fingerprint density at radius 2 is 2.20 bits per heavy atom. The maximum absolute atomic E-state index is 11.3. The molecule has 0 unspecified atom stereocenters. The largest absolute Gasteiger partial charge is 0.305 e. The second-order valence-corrected chi connectivity index (χ2v) is 3.15. The third kappa shape index (κ3) is 3.25. The van der Waals surface area contributed by atoms with Gasteiger partial charge in [0.1, 0.15) is 0 Å². The molecule has 0 atom stereocenters. The normalized spacial score (nSPS) is 10.7. The standard InChI is InChI=1S/C9H10N2O3S/c12-9-4-3-8(11(13)14)7-10(9)5-1-2-6-15/h1-4,7,15H,5-6H2. The topological polar surface area (TPSA) is 65.1 Å². The molecule has 0 aliphatic rings. The van der Waals surface area contributed by atoms with Crippen LogP contribution in [0.25, 0.3) is 0 Å². The Bertz CT molecular complexity index is 439. The zero-order valence-corrected chi connectivity index (χ0v) is 8.76. The van der Waals surface area contributed by atoms with E-state index < -0.39 is 4.92 Å². The van der Waals surface area contributed by atoms with Crippen LogP contribution in [-0.2, 0) is 6.54 Å². The van der Waals surface area contributed by atoms with Gasteiger partial charge in [0.15, 0.2) is 0 Å². The first kappa shape index (κ1) is 11.5. The Kier molecular flexibility index (Phi) is 4.11. The van der Waals surface area contributed by atoms with Gasteiger partial charge in [0.2, 0.25) is 0 Å². The molecule has 0 saturated carbocycles. The molecule has 0 N–H and O–H groups in total. The van der Waals surface area contributed by atoms with Crippen LogP contribution in [-0.4, -0.2) is 15.2 Å². The van der Waals surface area contributed by atoms with E-state index in [0.29, 0.717) is 12.3 Å². The van der Waals surface area contributed by atoms with Crippen LogP contribution >= 0.6 is 12.6 Å². The van der Waals surface area contributed by atoms with Crippen molar-refractivity contribution in [1.29, 1.82) is 0 Å². The lowest BCUT2D eigenvalue weighted by Gasteiger charge is -2.00. The predicted molar refractivity (Wildman–Crippen MR) is 60.3 cm³/mol. The molecule has 0 bridgehead atoms. The van der Waals surface area contributed by atoms with Crippen LogP contribution in [0.5, 0.6) is 0 Å². The van der Waals surface area contributed by atoms with Crippen LogP contribution in [0.4, 0.5) is 5.69 Å². The minimum Gasteiger partial charge on any atom is -0.305 e. The molecule has 0 fully saturated rings. The monoisotopic (exact) mass is 226 g/mol. The van der Waals surface area contributed by atoms with Crippen LogP contribution < -0.4 is 5.56 Å². The molecule has 0 aliphatic heterocycles. The van der Waals surface area contributed by atoms with E-state index in [2.05, 4.69) is 12.6 Å². The summed E-state index contributed by atoms with van der Waals surface area (Å²) in [6, 6.07) is 2.38.